The van der Waals surface area contributed by atoms with Crippen molar-refractivity contribution < 1.29 is 5.11 Å². The van der Waals surface area contributed by atoms with Gasteiger partial charge < -0.3 is 10.0 Å². The Bertz CT molecular complexity index is 3000. The summed E-state index contributed by atoms with van der Waals surface area (Å²) in [6.07, 6.45) is 1.89. The topological polar surface area (TPSA) is 54.2 Å². The number of rotatable bonds is 9. The van der Waals surface area contributed by atoms with Crippen molar-refractivity contribution in [2.75, 3.05) is 4.90 Å². The Morgan fingerprint density at radius 3 is 1.64 bits per heavy atom. The minimum absolute atomic E-state index is 0.140. The van der Waals surface area contributed by atoms with Crippen molar-refractivity contribution in [2.45, 2.75) is 0 Å². The maximum Gasteiger partial charge on any atom is 0.149 e. The number of aromatic nitrogens is 3. The number of phenolic OH excluding ortho intramolecular Hbond substituents is 1. The van der Waals surface area contributed by atoms with Gasteiger partial charge >= 0.3 is 0 Å². The molecule has 1 N–H and O–H groups in total. The van der Waals surface area contributed by atoms with E-state index in [1.54, 1.807) is 6.07 Å². The molecule has 10 aromatic rings. The summed E-state index contributed by atoms with van der Waals surface area (Å²) < 4.78 is 2.15. The fourth-order valence-electron chi connectivity index (χ4n) is 7.92. The lowest BCUT2D eigenvalue weighted by Crippen LogP contribution is -2.10. The van der Waals surface area contributed by atoms with Gasteiger partial charge in [0.2, 0.25) is 0 Å². The van der Waals surface area contributed by atoms with Crippen LogP contribution in [0.15, 0.2) is 225 Å². The largest absolute Gasteiger partial charge is 0.507 e. The maximum absolute atomic E-state index is 11.7. The van der Waals surface area contributed by atoms with E-state index in [2.05, 4.69) is 143 Å². The van der Waals surface area contributed by atoms with Crippen LogP contribution < -0.4 is 4.90 Å². The molecule has 0 aliphatic rings. The van der Waals surface area contributed by atoms with Crippen LogP contribution in [0.3, 0.4) is 0 Å². The van der Waals surface area contributed by atoms with Crippen LogP contribution in [0.25, 0.3) is 72.7 Å². The highest BCUT2D eigenvalue weighted by molar-refractivity contribution is 5.98. The van der Waals surface area contributed by atoms with Crippen LogP contribution in [-0.2, 0) is 0 Å². The second kappa shape index (κ2) is 15.5. The molecule has 0 amide bonds. The maximum atomic E-state index is 11.7. The Morgan fingerprint density at radius 2 is 0.983 bits per heavy atom. The van der Waals surface area contributed by atoms with Gasteiger partial charge in [0.25, 0.3) is 0 Å². The number of benzene rings is 8. The van der Waals surface area contributed by atoms with Gasteiger partial charge in [0, 0.05) is 40.1 Å². The van der Waals surface area contributed by atoms with E-state index in [9.17, 15) is 5.11 Å². The second-order valence-corrected chi connectivity index (χ2v) is 14.4. The van der Waals surface area contributed by atoms with Gasteiger partial charge in [-0.2, -0.15) is 0 Å². The smallest absolute Gasteiger partial charge is 0.149 e. The first kappa shape index (κ1) is 35.4. The zero-order valence-corrected chi connectivity index (χ0v) is 32.1. The van der Waals surface area contributed by atoms with Gasteiger partial charge in [-0.05, 0) is 119 Å². The first-order valence-corrected chi connectivity index (χ1v) is 19.7. The third kappa shape index (κ3) is 6.92. The molecule has 2 heterocycles. The first-order chi connectivity index (χ1) is 29.2. The van der Waals surface area contributed by atoms with E-state index >= 15 is 0 Å². The van der Waals surface area contributed by atoms with E-state index in [-0.39, 0.29) is 5.75 Å². The monoisotopic (exact) mass is 758 g/mol. The van der Waals surface area contributed by atoms with Crippen molar-refractivity contribution in [1.82, 2.24) is 14.5 Å². The summed E-state index contributed by atoms with van der Waals surface area (Å²) in [6, 6.07) is 74.7. The number of para-hydroxylation sites is 4. The van der Waals surface area contributed by atoms with Crippen LogP contribution in [0.1, 0.15) is 0 Å². The molecule has 280 valence electrons. The van der Waals surface area contributed by atoms with E-state index in [1.807, 2.05) is 85.1 Å². The molecule has 0 unspecified atom stereocenters. The van der Waals surface area contributed by atoms with Crippen molar-refractivity contribution in [2.24, 2.45) is 0 Å². The molecule has 0 bridgehead atoms. The van der Waals surface area contributed by atoms with Crippen LogP contribution in [0, 0.1) is 0 Å². The predicted octanol–water partition coefficient (Wildman–Crippen LogP) is 13.9. The quantitative estimate of drug-likeness (QED) is 0.159. The molecule has 0 atom stereocenters. The summed E-state index contributed by atoms with van der Waals surface area (Å²) in [4.78, 5) is 12.6. The fraction of sp³-hybridized carbons (Fsp3) is 0. The average molecular weight is 759 g/mol. The highest BCUT2D eigenvalue weighted by atomic mass is 16.3. The van der Waals surface area contributed by atoms with Gasteiger partial charge in [0.05, 0.1) is 22.3 Å². The molecule has 59 heavy (non-hydrogen) atoms. The van der Waals surface area contributed by atoms with Gasteiger partial charge in [-0.3, -0.25) is 9.55 Å². The molecule has 5 heteroatoms. The van der Waals surface area contributed by atoms with Crippen LogP contribution in [0.4, 0.5) is 17.1 Å². The summed E-state index contributed by atoms with van der Waals surface area (Å²) in [7, 11) is 0. The van der Waals surface area contributed by atoms with Gasteiger partial charge in [0.1, 0.15) is 11.6 Å². The Hall–Kier alpha value is -8.02. The molecule has 8 aromatic carbocycles. The second-order valence-electron chi connectivity index (χ2n) is 14.4. The van der Waals surface area contributed by atoms with Gasteiger partial charge in [0.15, 0.2) is 0 Å². The lowest BCUT2D eigenvalue weighted by molar-refractivity contribution is 0.477. The molecule has 0 fully saturated rings. The lowest BCUT2D eigenvalue weighted by Gasteiger charge is -2.26. The number of hydrogen-bond acceptors (Lipinski definition) is 4. The van der Waals surface area contributed by atoms with E-state index in [0.717, 1.165) is 78.4 Å². The Balaban J connectivity index is 1.18. The number of hydrogen-bond donors (Lipinski definition) is 1. The lowest BCUT2D eigenvalue weighted by atomic mass is 9.93. The third-order valence-corrected chi connectivity index (χ3v) is 10.7. The Morgan fingerprint density at radius 1 is 0.407 bits per heavy atom. The van der Waals surface area contributed by atoms with Crippen molar-refractivity contribution in [3.63, 3.8) is 0 Å². The normalized spacial score (nSPS) is 11.1. The molecule has 0 saturated carbocycles. The summed E-state index contributed by atoms with van der Waals surface area (Å²) in [6.45, 7) is 0. The van der Waals surface area contributed by atoms with Crippen LogP contribution >= 0.6 is 0 Å². The van der Waals surface area contributed by atoms with E-state index < -0.39 is 0 Å². The molecule has 0 aliphatic heterocycles. The number of imidazole rings is 1. The van der Waals surface area contributed by atoms with Gasteiger partial charge in [-0.1, -0.05) is 127 Å². The number of nitrogens with zero attached hydrogens (tertiary/aromatic N) is 4. The standard InChI is InChI=1S/C54H38N4O/c59-52-30-29-47(57(44-21-10-3-11-22-44)45-23-12-4-13-24-45)37-49(52)54-56-53-48(27-16-28-51(53)58(54)46-25-14-5-15-26-46)42-33-41(39-19-8-2-9-20-39)34-43(35-42)50-36-40(31-32-55-50)38-17-6-1-7-18-38/h1-37,59H. The Labute approximate surface area is 343 Å². The molecule has 5 nitrogen and oxygen atoms in total. The predicted molar refractivity (Wildman–Crippen MR) is 242 cm³/mol. The van der Waals surface area contributed by atoms with Crippen LogP contribution in [0.2, 0.25) is 0 Å². The molecule has 2 aromatic heterocycles. The highest BCUT2D eigenvalue weighted by Gasteiger charge is 2.22. The van der Waals surface area contributed by atoms with Crippen molar-refractivity contribution in [1.29, 1.82) is 0 Å². The number of aromatic hydroxyl groups is 1. The average Bonchev–Trinajstić information content (AvgIpc) is 3.71. The Kier molecular flexibility index (Phi) is 9.29. The molecule has 0 spiro atoms. The first-order valence-electron chi connectivity index (χ1n) is 19.7. The van der Waals surface area contributed by atoms with Crippen molar-refractivity contribution in [3.05, 3.63) is 225 Å². The summed E-state index contributed by atoms with van der Waals surface area (Å²) in [5.74, 6) is 0.775. The summed E-state index contributed by atoms with van der Waals surface area (Å²) >= 11 is 0. The van der Waals surface area contributed by atoms with E-state index in [4.69, 9.17) is 9.97 Å². The SMILES string of the molecule is Oc1ccc(N(c2ccccc2)c2ccccc2)cc1-c1nc2c(-c3cc(-c4ccccc4)cc(-c4cc(-c5ccccc5)ccn4)c3)cccc2n1-c1ccccc1. The summed E-state index contributed by atoms with van der Waals surface area (Å²) in [5.41, 5.74) is 14.5. The zero-order valence-electron chi connectivity index (χ0n) is 32.1. The van der Waals surface area contributed by atoms with Gasteiger partial charge in [-0.15, -0.1) is 0 Å². The summed E-state index contributed by atoms with van der Waals surface area (Å²) in [5, 5.41) is 11.7. The van der Waals surface area contributed by atoms with E-state index in [0.29, 0.717) is 11.4 Å². The van der Waals surface area contributed by atoms with Crippen molar-refractivity contribution >= 4 is 28.1 Å². The van der Waals surface area contributed by atoms with Crippen LogP contribution in [0.5, 0.6) is 5.75 Å². The number of pyridine rings is 1. The molecule has 0 aliphatic carbocycles. The molecular formula is C54H38N4O. The van der Waals surface area contributed by atoms with Crippen molar-refractivity contribution in [3.8, 4) is 67.5 Å². The molecular weight excluding hydrogens is 721 g/mol. The highest BCUT2D eigenvalue weighted by Crippen LogP contribution is 2.43. The van der Waals surface area contributed by atoms with Crippen LogP contribution in [-0.4, -0.2) is 19.6 Å². The number of phenols is 1. The third-order valence-electron chi connectivity index (χ3n) is 10.7. The van der Waals surface area contributed by atoms with E-state index in [1.165, 1.54) is 0 Å². The number of anilines is 3. The number of fused-ring (bicyclic) bond motifs is 1. The molecule has 0 saturated heterocycles. The minimum atomic E-state index is 0.140. The minimum Gasteiger partial charge on any atom is -0.507 e. The molecule has 0 radical (unpaired) electrons. The van der Waals surface area contributed by atoms with Gasteiger partial charge in [-0.25, -0.2) is 4.98 Å². The zero-order chi connectivity index (χ0) is 39.5. The fourth-order valence-corrected chi connectivity index (χ4v) is 7.92. The molecule has 10 rings (SSSR count).